The van der Waals surface area contributed by atoms with Gasteiger partial charge in [-0.25, -0.2) is 9.59 Å². The number of aromatic hydroxyl groups is 1. The number of carboxylic acid groups (broad SMARTS) is 1. The van der Waals surface area contributed by atoms with Gasteiger partial charge in [0.15, 0.2) is 11.5 Å². The zero-order valence-electron chi connectivity index (χ0n) is 29.4. The van der Waals surface area contributed by atoms with Gasteiger partial charge in [-0.05, 0) is 66.8 Å². The summed E-state index contributed by atoms with van der Waals surface area (Å²) in [5, 5.41) is 29.1. The van der Waals surface area contributed by atoms with E-state index in [1.807, 2.05) is 30.3 Å². The van der Waals surface area contributed by atoms with Gasteiger partial charge in [-0.3, -0.25) is 19.2 Å². The molecule has 1 saturated heterocycles. The number of carbonyl (C=O) groups excluding carboxylic acids is 4. The molecule has 13 nitrogen and oxygen atoms in total. The van der Waals surface area contributed by atoms with Crippen LogP contribution in [-0.4, -0.2) is 64.6 Å². The quantitative estimate of drug-likeness (QED) is 0.0585. The number of amides is 3. The Bertz CT molecular complexity index is 2250. The number of phenolic OH excluding ortho intramolecular Hbond substituents is 1. The maximum atomic E-state index is 13.0. The van der Waals surface area contributed by atoms with Gasteiger partial charge in [-0.15, -0.1) is 0 Å². The summed E-state index contributed by atoms with van der Waals surface area (Å²) in [5.41, 5.74) is 2.65. The number of phenols is 1. The van der Waals surface area contributed by atoms with Crippen LogP contribution in [0.5, 0.6) is 5.75 Å². The highest BCUT2D eigenvalue weighted by molar-refractivity contribution is 6.07. The van der Waals surface area contributed by atoms with Gasteiger partial charge in [0.25, 0.3) is 0 Å². The highest BCUT2D eigenvalue weighted by Crippen LogP contribution is 2.42. The van der Waals surface area contributed by atoms with Gasteiger partial charge in [0, 0.05) is 48.0 Å². The molecule has 5 N–H and O–H groups in total. The van der Waals surface area contributed by atoms with Crippen LogP contribution in [0.1, 0.15) is 54.1 Å². The number of hydrogen-bond acceptors (Lipinski definition) is 9. The largest absolute Gasteiger partial charge is 0.508 e. The van der Waals surface area contributed by atoms with Crippen LogP contribution in [0.15, 0.2) is 94.1 Å². The van der Waals surface area contributed by atoms with Crippen molar-refractivity contribution in [3.63, 3.8) is 0 Å². The molecule has 6 rings (SSSR count). The fourth-order valence-corrected chi connectivity index (χ4v) is 6.51. The third-order valence-electron chi connectivity index (χ3n) is 9.29. The average Bonchev–Trinajstić information content (AvgIpc) is 3.14. The Balaban J connectivity index is 1.02. The average molecular weight is 734 g/mol. The molecule has 0 spiro atoms. The number of esters is 1. The predicted octanol–water partition coefficient (Wildman–Crippen LogP) is 4.35. The minimum atomic E-state index is -1.21. The van der Waals surface area contributed by atoms with Crippen molar-refractivity contribution in [3.8, 4) is 28.2 Å². The molecular weight excluding hydrogens is 694 g/mol. The van der Waals surface area contributed by atoms with Crippen molar-refractivity contribution in [2.24, 2.45) is 0 Å². The molecule has 1 aliphatic carbocycles. The van der Waals surface area contributed by atoms with Gasteiger partial charge in [0.2, 0.25) is 17.7 Å². The molecule has 3 amide bonds. The minimum Gasteiger partial charge on any atom is -0.508 e. The molecule has 0 bridgehead atoms. The first-order valence-corrected chi connectivity index (χ1v) is 17.6. The number of rotatable bonds is 15. The van der Waals surface area contributed by atoms with Crippen LogP contribution in [0, 0.1) is 0 Å². The lowest BCUT2D eigenvalue weighted by atomic mass is 9.89. The first-order chi connectivity index (χ1) is 26.0. The van der Waals surface area contributed by atoms with Crippen LogP contribution >= 0.6 is 0 Å². The van der Waals surface area contributed by atoms with E-state index in [9.17, 15) is 39.0 Å². The number of carbonyl (C=O) groups is 5. The van der Waals surface area contributed by atoms with E-state index in [4.69, 9.17) is 9.15 Å². The molecule has 2 aliphatic heterocycles. The summed E-state index contributed by atoms with van der Waals surface area (Å²) < 4.78 is 10.8. The smallest absolute Gasteiger partial charge is 0.336 e. The van der Waals surface area contributed by atoms with Crippen LogP contribution in [-0.2, 0) is 36.8 Å². The third kappa shape index (κ3) is 8.75. The molecule has 1 fully saturated rings. The normalized spacial score (nSPS) is 15.5. The Morgan fingerprint density at radius 3 is 2.35 bits per heavy atom. The number of benzene rings is 4. The number of unbranched alkanes of at least 4 members (excludes halogenated alkanes) is 2. The number of carboxylic acids is 1. The molecule has 3 aromatic carbocycles. The van der Waals surface area contributed by atoms with Crippen molar-refractivity contribution >= 4 is 40.6 Å². The summed E-state index contributed by atoms with van der Waals surface area (Å²) >= 11 is 0. The molecule has 13 heteroatoms. The van der Waals surface area contributed by atoms with Crippen LogP contribution in [0.2, 0.25) is 0 Å². The fraction of sp³-hybridized carbons (Fsp3) is 0.268. The minimum absolute atomic E-state index is 0.0461. The Kier molecular flexibility index (Phi) is 11.4. The van der Waals surface area contributed by atoms with E-state index in [0.717, 1.165) is 5.56 Å². The topological polar surface area (TPSA) is 201 Å². The zero-order chi connectivity index (χ0) is 38.4. The number of nitrogens with one attached hydrogen (secondary N) is 3. The molecule has 0 saturated carbocycles. The van der Waals surface area contributed by atoms with Crippen molar-refractivity contribution in [3.05, 3.63) is 112 Å². The second kappa shape index (κ2) is 16.4. The van der Waals surface area contributed by atoms with Crippen molar-refractivity contribution in [2.45, 2.75) is 63.6 Å². The highest BCUT2D eigenvalue weighted by atomic mass is 16.6. The molecule has 3 atom stereocenters. The molecule has 3 aliphatic rings. The van der Waals surface area contributed by atoms with Crippen molar-refractivity contribution < 1.29 is 43.3 Å². The SMILES string of the molecule is C[C@H]1OC(=O)[C@H]1NC(=O)[C@@H](Cc1ccccc1)NC(=O)CCCCCNC(=O)Cc1ccc(-c2c3ccc(=O)cc-3oc3cc(O)ccc23)c(C(=O)O)c1. The monoisotopic (exact) mass is 733 g/mol. The van der Waals surface area contributed by atoms with E-state index in [-0.39, 0.29) is 59.2 Å². The van der Waals surface area contributed by atoms with E-state index >= 15 is 0 Å². The molecule has 2 heterocycles. The van der Waals surface area contributed by atoms with E-state index < -0.39 is 36.0 Å². The molecule has 54 heavy (non-hydrogen) atoms. The van der Waals surface area contributed by atoms with E-state index in [0.29, 0.717) is 53.4 Å². The molecule has 0 radical (unpaired) electrons. The predicted molar refractivity (Wildman–Crippen MR) is 198 cm³/mol. The third-order valence-corrected chi connectivity index (χ3v) is 9.29. The molecule has 0 aromatic heterocycles. The first kappa shape index (κ1) is 37.3. The maximum Gasteiger partial charge on any atom is 0.336 e. The Morgan fingerprint density at radius 2 is 1.61 bits per heavy atom. The highest BCUT2D eigenvalue weighted by Gasteiger charge is 2.41. The van der Waals surface area contributed by atoms with Crippen molar-refractivity contribution in [1.29, 1.82) is 0 Å². The maximum absolute atomic E-state index is 13.0. The summed E-state index contributed by atoms with van der Waals surface area (Å²) in [5.74, 6) is -2.61. The Labute approximate surface area is 309 Å². The van der Waals surface area contributed by atoms with Crippen LogP contribution in [0.4, 0.5) is 0 Å². The molecule has 0 unspecified atom stereocenters. The molecular formula is C41H39N3O10. The van der Waals surface area contributed by atoms with E-state index in [1.165, 1.54) is 30.3 Å². The van der Waals surface area contributed by atoms with Crippen molar-refractivity contribution in [1.82, 2.24) is 16.0 Å². The lowest BCUT2D eigenvalue weighted by molar-refractivity contribution is -0.176. The van der Waals surface area contributed by atoms with Gasteiger partial charge >= 0.3 is 11.9 Å². The number of aromatic carboxylic acids is 1. The summed E-state index contributed by atoms with van der Waals surface area (Å²) in [4.78, 5) is 75.0. The second-order valence-corrected chi connectivity index (χ2v) is 13.3. The summed E-state index contributed by atoms with van der Waals surface area (Å²) in [7, 11) is 0. The Hall–Kier alpha value is -6.50. The number of cyclic esters (lactones) is 1. The number of fused-ring (bicyclic) bond motifs is 2. The standard InChI is InChI=1S/C41H39N3O10/c1-23-38(41(52)53-23)44-39(49)32(19-24-8-4-2-5-9-24)43-35(47)10-6-3-7-17-42-36(48)20-25-11-14-28(31(18-25)40(50)51)37-29-15-12-26(45)21-33(29)54-34-22-27(46)13-16-30(34)37/h2,4-5,8-9,11-16,18,21-23,32,38,45H,3,6-7,10,17,19-20H2,1H3,(H,42,48)(H,43,47)(H,44,49)(H,50,51)/t23-,32-,38+/m1/s1. The van der Waals surface area contributed by atoms with Crippen molar-refractivity contribution in [2.75, 3.05) is 6.54 Å². The molecule has 3 aromatic rings. The Morgan fingerprint density at radius 1 is 0.833 bits per heavy atom. The van der Waals surface area contributed by atoms with Gasteiger partial charge in [-0.1, -0.05) is 48.9 Å². The van der Waals surface area contributed by atoms with Crippen LogP contribution in [0.25, 0.3) is 33.4 Å². The summed E-state index contributed by atoms with van der Waals surface area (Å²) in [6, 6.07) is 21.1. The van der Waals surface area contributed by atoms with E-state index in [2.05, 4.69) is 16.0 Å². The first-order valence-electron chi connectivity index (χ1n) is 17.6. The summed E-state index contributed by atoms with van der Waals surface area (Å²) in [6.45, 7) is 2.03. The second-order valence-electron chi connectivity index (χ2n) is 13.3. The fourth-order valence-electron chi connectivity index (χ4n) is 6.51. The van der Waals surface area contributed by atoms with Crippen LogP contribution in [0.3, 0.4) is 0 Å². The van der Waals surface area contributed by atoms with Gasteiger partial charge < -0.3 is 35.3 Å². The van der Waals surface area contributed by atoms with Gasteiger partial charge in [0.05, 0.1) is 12.0 Å². The number of hydrogen-bond donors (Lipinski definition) is 5. The lowest BCUT2D eigenvalue weighted by Crippen LogP contribution is -2.62. The molecule has 278 valence electrons. The summed E-state index contributed by atoms with van der Waals surface area (Å²) in [6.07, 6.45) is 1.65. The van der Waals surface area contributed by atoms with Gasteiger partial charge in [0.1, 0.15) is 29.2 Å². The number of ether oxygens (including phenoxy) is 1. The van der Waals surface area contributed by atoms with E-state index in [1.54, 1.807) is 31.2 Å². The lowest BCUT2D eigenvalue weighted by Gasteiger charge is -2.33. The van der Waals surface area contributed by atoms with Gasteiger partial charge in [-0.2, -0.15) is 0 Å². The van der Waals surface area contributed by atoms with Crippen LogP contribution < -0.4 is 21.4 Å². The zero-order valence-corrected chi connectivity index (χ0v) is 29.4.